The van der Waals surface area contributed by atoms with Gasteiger partial charge in [-0.1, -0.05) is 24.3 Å². The molecular weight excluding hydrogens is 320 g/mol. The number of rotatable bonds is 6. The lowest BCUT2D eigenvalue weighted by atomic mass is 9.94. The standard InChI is InChI=1S/C19H20N2O4/c1-13(14-3-9-17(25-2)10-4-14)20-18(22)19(11-12-19)15-5-7-16(8-6-15)21(23)24/h3-10,13H,11-12H2,1-2H3,(H,20,22)/t13-/m1/s1. The number of nitrogens with one attached hydrogen (secondary N) is 1. The van der Waals surface area contributed by atoms with Crippen LogP contribution in [-0.2, 0) is 10.2 Å². The van der Waals surface area contributed by atoms with Gasteiger partial charge in [-0.2, -0.15) is 0 Å². The molecule has 0 spiro atoms. The molecule has 0 aliphatic heterocycles. The molecule has 25 heavy (non-hydrogen) atoms. The quantitative estimate of drug-likeness (QED) is 0.644. The van der Waals surface area contributed by atoms with Crippen LogP contribution in [0, 0.1) is 10.1 Å². The highest BCUT2D eigenvalue weighted by atomic mass is 16.6. The number of nitrogens with zero attached hydrogens (tertiary/aromatic N) is 1. The Kier molecular flexibility index (Phi) is 4.44. The maximum atomic E-state index is 12.8. The lowest BCUT2D eigenvalue weighted by Crippen LogP contribution is -2.36. The van der Waals surface area contributed by atoms with Crippen LogP contribution in [0.4, 0.5) is 5.69 Å². The molecule has 6 nitrogen and oxygen atoms in total. The van der Waals surface area contributed by atoms with Crippen molar-refractivity contribution in [2.75, 3.05) is 7.11 Å². The van der Waals surface area contributed by atoms with Gasteiger partial charge in [-0.15, -0.1) is 0 Å². The maximum absolute atomic E-state index is 12.8. The van der Waals surface area contributed by atoms with Crippen molar-refractivity contribution in [3.05, 3.63) is 69.8 Å². The topological polar surface area (TPSA) is 81.5 Å². The molecule has 1 N–H and O–H groups in total. The Labute approximate surface area is 146 Å². The van der Waals surface area contributed by atoms with Crippen LogP contribution < -0.4 is 10.1 Å². The first-order chi connectivity index (χ1) is 12.0. The monoisotopic (exact) mass is 340 g/mol. The van der Waals surface area contributed by atoms with Crippen LogP contribution in [0.2, 0.25) is 0 Å². The third-order valence-corrected chi connectivity index (χ3v) is 4.78. The largest absolute Gasteiger partial charge is 0.497 e. The van der Waals surface area contributed by atoms with Gasteiger partial charge in [-0.05, 0) is 43.0 Å². The van der Waals surface area contributed by atoms with E-state index in [-0.39, 0.29) is 17.6 Å². The fraction of sp³-hybridized carbons (Fsp3) is 0.316. The van der Waals surface area contributed by atoms with Crippen LogP contribution in [0.5, 0.6) is 5.75 Å². The number of amides is 1. The Hall–Kier alpha value is -2.89. The number of benzene rings is 2. The van der Waals surface area contributed by atoms with Crippen LogP contribution in [0.1, 0.15) is 36.9 Å². The highest BCUT2D eigenvalue weighted by molar-refractivity contribution is 5.91. The van der Waals surface area contributed by atoms with Crippen molar-refractivity contribution in [1.82, 2.24) is 5.32 Å². The fourth-order valence-corrected chi connectivity index (χ4v) is 2.98. The lowest BCUT2D eigenvalue weighted by molar-refractivity contribution is -0.384. The summed E-state index contributed by atoms with van der Waals surface area (Å²) in [5.74, 6) is 0.733. The van der Waals surface area contributed by atoms with Crippen molar-refractivity contribution >= 4 is 11.6 Å². The van der Waals surface area contributed by atoms with Gasteiger partial charge in [0.15, 0.2) is 0 Å². The predicted molar refractivity (Wildman–Crippen MR) is 93.6 cm³/mol. The molecule has 1 aliphatic carbocycles. The number of hydrogen-bond donors (Lipinski definition) is 1. The van der Waals surface area contributed by atoms with Crippen molar-refractivity contribution in [3.63, 3.8) is 0 Å². The summed E-state index contributed by atoms with van der Waals surface area (Å²) >= 11 is 0. The van der Waals surface area contributed by atoms with E-state index in [0.717, 1.165) is 29.7 Å². The van der Waals surface area contributed by atoms with Crippen molar-refractivity contribution in [1.29, 1.82) is 0 Å². The van der Waals surface area contributed by atoms with Crippen molar-refractivity contribution in [2.45, 2.75) is 31.2 Å². The number of non-ortho nitro benzene ring substituents is 1. The molecule has 6 heteroatoms. The molecule has 1 fully saturated rings. The zero-order chi connectivity index (χ0) is 18.0. The van der Waals surface area contributed by atoms with Crippen LogP contribution in [0.3, 0.4) is 0 Å². The highest BCUT2D eigenvalue weighted by Gasteiger charge is 2.51. The molecule has 2 aromatic rings. The Bertz CT molecular complexity index is 780. The minimum absolute atomic E-state index is 0.0339. The molecule has 1 aliphatic rings. The van der Waals surface area contributed by atoms with Gasteiger partial charge in [0.25, 0.3) is 5.69 Å². The normalized spacial score (nSPS) is 15.9. The van der Waals surface area contributed by atoms with Crippen LogP contribution in [0.25, 0.3) is 0 Å². The molecular formula is C19H20N2O4. The summed E-state index contributed by atoms with van der Waals surface area (Å²) in [7, 11) is 1.61. The SMILES string of the molecule is COc1ccc([C@@H](C)NC(=O)C2(c3ccc([N+](=O)[O-])cc3)CC2)cc1. The summed E-state index contributed by atoms with van der Waals surface area (Å²) in [6.45, 7) is 1.94. The van der Waals surface area contributed by atoms with Gasteiger partial charge >= 0.3 is 0 Å². The van der Waals surface area contributed by atoms with Crippen LogP contribution >= 0.6 is 0 Å². The summed E-state index contributed by atoms with van der Waals surface area (Å²) in [6.07, 6.45) is 1.51. The molecule has 1 saturated carbocycles. The van der Waals surface area contributed by atoms with Gasteiger partial charge in [-0.3, -0.25) is 14.9 Å². The summed E-state index contributed by atoms with van der Waals surface area (Å²) in [5, 5.41) is 13.8. The molecule has 0 radical (unpaired) electrons. The summed E-state index contributed by atoms with van der Waals surface area (Å²) < 4.78 is 5.14. The maximum Gasteiger partial charge on any atom is 0.269 e. The van der Waals surface area contributed by atoms with Crippen molar-refractivity contribution in [3.8, 4) is 5.75 Å². The average Bonchev–Trinajstić information content (AvgIpc) is 3.44. The molecule has 0 saturated heterocycles. The van der Waals surface area contributed by atoms with Crippen LogP contribution in [-0.4, -0.2) is 17.9 Å². The number of carbonyl (C=O) groups is 1. The van der Waals surface area contributed by atoms with Crippen molar-refractivity contribution in [2.24, 2.45) is 0 Å². The lowest BCUT2D eigenvalue weighted by Gasteiger charge is -2.20. The van der Waals surface area contributed by atoms with Gasteiger partial charge in [0.05, 0.1) is 23.5 Å². The first-order valence-electron chi connectivity index (χ1n) is 8.16. The minimum Gasteiger partial charge on any atom is -0.497 e. The van der Waals surface area contributed by atoms with Crippen LogP contribution in [0.15, 0.2) is 48.5 Å². The number of carbonyl (C=O) groups excluding carboxylic acids is 1. The molecule has 0 aromatic heterocycles. The highest BCUT2D eigenvalue weighted by Crippen LogP contribution is 2.49. The Morgan fingerprint density at radius 3 is 2.24 bits per heavy atom. The number of nitro benzene ring substituents is 1. The van der Waals surface area contributed by atoms with E-state index in [0.29, 0.717) is 0 Å². The second-order valence-corrected chi connectivity index (χ2v) is 6.35. The van der Waals surface area contributed by atoms with Gasteiger partial charge in [0, 0.05) is 12.1 Å². The van der Waals surface area contributed by atoms with Gasteiger partial charge in [-0.25, -0.2) is 0 Å². The van der Waals surface area contributed by atoms with Crippen molar-refractivity contribution < 1.29 is 14.5 Å². The number of methoxy groups -OCH3 is 1. The average molecular weight is 340 g/mol. The summed E-state index contributed by atoms with van der Waals surface area (Å²) in [4.78, 5) is 23.1. The van der Waals surface area contributed by atoms with E-state index in [1.807, 2.05) is 31.2 Å². The molecule has 0 bridgehead atoms. The van der Waals surface area contributed by atoms with E-state index >= 15 is 0 Å². The number of nitro groups is 1. The Balaban J connectivity index is 1.72. The number of hydrogen-bond acceptors (Lipinski definition) is 4. The number of ether oxygens (including phenoxy) is 1. The molecule has 130 valence electrons. The van der Waals surface area contributed by atoms with E-state index in [4.69, 9.17) is 4.74 Å². The summed E-state index contributed by atoms with van der Waals surface area (Å²) in [5.41, 5.74) is 1.30. The molecule has 0 unspecified atom stereocenters. The van der Waals surface area contributed by atoms with E-state index in [9.17, 15) is 14.9 Å². The van der Waals surface area contributed by atoms with E-state index in [1.165, 1.54) is 12.1 Å². The first-order valence-corrected chi connectivity index (χ1v) is 8.16. The molecule has 1 amide bonds. The van der Waals surface area contributed by atoms with E-state index in [1.54, 1.807) is 19.2 Å². The zero-order valence-electron chi connectivity index (χ0n) is 14.2. The second-order valence-electron chi connectivity index (χ2n) is 6.35. The smallest absolute Gasteiger partial charge is 0.269 e. The molecule has 1 atom stereocenters. The minimum atomic E-state index is -0.560. The Morgan fingerprint density at radius 2 is 1.76 bits per heavy atom. The van der Waals surface area contributed by atoms with Gasteiger partial charge in [0.1, 0.15) is 5.75 Å². The Morgan fingerprint density at radius 1 is 1.16 bits per heavy atom. The van der Waals surface area contributed by atoms with Gasteiger partial charge < -0.3 is 10.1 Å². The summed E-state index contributed by atoms with van der Waals surface area (Å²) in [6, 6.07) is 13.7. The fourth-order valence-electron chi connectivity index (χ4n) is 2.98. The first kappa shape index (κ1) is 17.0. The van der Waals surface area contributed by atoms with Gasteiger partial charge in [0.2, 0.25) is 5.91 Å². The molecule has 3 rings (SSSR count). The molecule has 0 heterocycles. The predicted octanol–water partition coefficient (Wildman–Crippen LogP) is 3.51. The third-order valence-electron chi connectivity index (χ3n) is 4.78. The van der Waals surface area contributed by atoms with E-state index < -0.39 is 10.3 Å². The molecule has 2 aromatic carbocycles. The zero-order valence-corrected chi connectivity index (χ0v) is 14.2. The third kappa shape index (κ3) is 3.33. The van der Waals surface area contributed by atoms with E-state index in [2.05, 4.69) is 5.32 Å². The second kappa shape index (κ2) is 6.55.